The Morgan fingerprint density at radius 1 is 1.25 bits per heavy atom. The zero-order chi connectivity index (χ0) is 19.0. The van der Waals surface area contributed by atoms with Crippen molar-refractivity contribution in [2.75, 3.05) is 0 Å². The van der Waals surface area contributed by atoms with Crippen molar-refractivity contribution in [3.63, 3.8) is 0 Å². The van der Waals surface area contributed by atoms with Crippen LogP contribution < -0.4 is 0 Å². The normalized spacial score (nSPS) is 30.9. The second-order valence-corrected chi connectivity index (χ2v) is 6.95. The van der Waals surface area contributed by atoms with Gasteiger partial charge in [0.15, 0.2) is 0 Å². The van der Waals surface area contributed by atoms with Crippen molar-refractivity contribution in [2.24, 2.45) is 11.8 Å². The predicted molar refractivity (Wildman–Crippen MR) is 93.6 cm³/mol. The van der Waals surface area contributed by atoms with Crippen LogP contribution in [0.1, 0.15) is 73.0 Å². The van der Waals surface area contributed by atoms with E-state index in [9.17, 15) is 20.1 Å². The van der Waals surface area contributed by atoms with E-state index in [1.54, 1.807) is 0 Å². The average Bonchev–Trinajstić information content (AvgIpc) is 2.77. The van der Waals surface area contributed by atoms with E-state index in [4.69, 9.17) is 6.48 Å². The van der Waals surface area contributed by atoms with Crippen molar-refractivity contribution >= 4 is 5.97 Å². The molecule has 1 rings (SSSR count). The summed E-state index contributed by atoms with van der Waals surface area (Å²) < 4.78 is 8.15. The van der Waals surface area contributed by atoms with Gasteiger partial charge in [0.2, 0.25) is 0 Å². The molecule has 0 radical (unpaired) electrons. The molecule has 0 aromatic rings. The molecule has 1 saturated carbocycles. The molecule has 0 aliphatic heterocycles. The summed E-state index contributed by atoms with van der Waals surface area (Å²) in [5.41, 5.74) is 0.684. The molecule has 0 unspecified atom stereocenters. The van der Waals surface area contributed by atoms with E-state index in [1.165, 1.54) is 6.08 Å². The maximum atomic E-state index is 11.0. The van der Waals surface area contributed by atoms with Gasteiger partial charge in [-0.2, -0.15) is 0 Å². The molecule has 1 aliphatic carbocycles. The summed E-state index contributed by atoms with van der Waals surface area (Å²) >= 11 is 0. The standard InChI is InChI=1S/C19H34O5/c1-3-5-7-9-15(20)10-13(8-6-4-2)18-16(21)11-14(19(18)24)12-17(22)23/h10,14-16,18-21,24H,3-9,11-12H2,1-2H3,(H,22,23)/t14-,15+,16-,18+,19+/m1/s1/i15D. The van der Waals surface area contributed by atoms with Gasteiger partial charge >= 0.3 is 5.97 Å². The topological polar surface area (TPSA) is 98.0 Å². The highest BCUT2D eigenvalue weighted by Gasteiger charge is 2.43. The Bertz CT molecular complexity index is 449. The number of hydrogen-bond acceptors (Lipinski definition) is 4. The van der Waals surface area contributed by atoms with Crippen molar-refractivity contribution in [1.29, 1.82) is 0 Å². The molecule has 5 atom stereocenters. The number of unbranched alkanes of at least 4 members (excludes halogenated alkanes) is 3. The van der Waals surface area contributed by atoms with Gasteiger partial charge in [0.05, 0.1) is 26.1 Å². The highest BCUT2D eigenvalue weighted by molar-refractivity contribution is 5.67. The lowest BCUT2D eigenvalue weighted by Gasteiger charge is -2.24. The molecule has 0 aromatic carbocycles. The van der Waals surface area contributed by atoms with Crippen LogP contribution in [0.2, 0.25) is 0 Å². The van der Waals surface area contributed by atoms with E-state index in [0.29, 0.717) is 18.4 Å². The predicted octanol–water partition coefficient (Wildman–Crippen LogP) is 2.88. The van der Waals surface area contributed by atoms with Gasteiger partial charge in [-0.1, -0.05) is 51.2 Å². The number of carbonyl (C=O) groups is 1. The maximum absolute atomic E-state index is 11.0. The summed E-state index contributed by atoms with van der Waals surface area (Å²) in [5.74, 6) is -2.09. The Labute approximate surface area is 146 Å². The minimum atomic E-state index is -1.72. The van der Waals surface area contributed by atoms with Crippen LogP contribution in [0.3, 0.4) is 0 Å². The highest BCUT2D eigenvalue weighted by atomic mass is 16.4. The molecule has 0 aromatic heterocycles. The molecule has 1 aliphatic rings. The van der Waals surface area contributed by atoms with Crippen molar-refractivity contribution in [2.45, 2.75) is 89.9 Å². The number of hydrogen-bond donors (Lipinski definition) is 4. The molecular weight excluding hydrogens is 308 g/mol. The first-order valence-electron chi connectivity index (χ1n) is 9.73. The number of rotatable bonds is 11. The van der Waals surface area contributed by atoms with E-state index in [0.717, 1.165) is 32.1 Å². The highest BCUT2D eigenvalue weighted by Crippen LogP contribution is 2.40. The van der Waals surface area contributed by atoms with Crippen molar-refractivity contribution in [3.05, 3.63) is 11.6 Å². The fourth-order valence-electron chi connectivity index (χ4n) is 3.57. The van der Waals surface area contributed by atoms with Crippen LogP contribution in [0.15, 0.2) is 11.6 Å². The van der Waals surface area contributed by atoms with Crippen LogP contribution in [0.5, 0.6) is 0 Å². The average molecular weight is 343 g/mol. The smallest absolute Gasteiger partial charge is 0.303 e. The van der Waals surface area contributed by atoms with E-state index >= 15 is 0 Å². The number of carboxylic acids is 1. The molecule has 4 N–H and O–H groups in total. The molecule has 1 fully saturated rings. The van der Waals surface area contributed by atoms with Gasteiger partial charge in [0.25, 0.3) is 0 Å². The lowest BCUT2D eigenvalue weighted by Crippen LogP contribution is -2.28. The summed E-state index contributed by atoms with van der Waals surface area (Å²) in [5, 5.41) is 40.3. The molecule has 0 saturated heterocycles. The second kappa shape index (κ2) is 10.9. The zero-order valence-corrected chi connectivity index (χ0v) is 14.9. The van der Waals surface area contributed by atoms with Crippen LogP contribution in [0.25, 0.3) is 0 Å². The van der Waals surface area contributed by atoms with Crippen LogP contribution >= 0.6 is 0 Å². The number of aliphatic hydroxyl groups excluding tert-OH is 2. The molecule has 5 heteroatoms. The fourth-order valence-corrected chi connectivity index (χ4v) is 3.57. The first kappa shape index (κ1) is 19.4. The molecule has 0 spiro atoms. The van der Waals surface area contributed by atoms with Gasteiger partial charge < -0.3 is 20.4 Å². The van der Waals surface area contributed by atoms with Crippen LogP contribution in [-0.2, 0) is 4.79 Å². The van der Waals surface area contributed by atoms with Gasteiger partial charge in [-0.05, 0) is 31.6 Å². The van der Waals surface area contributed by atoms with Gasteiger partial charge in [0, 0.05) is 5.92 Å². The second-order valence-electron chi connectivity index (χ2n) is 6.95. The molecule has 0 amide bonds. The van der Waals surface area contributed by atoms with Gasteiger partial charge in [-0.3, -0.25) is 4.79 Å². The Hall–Kier alpha value is -0.910. The largest absolute Gasteiger partial charge is 0.481 e. The van der Waals surface area contributed by atoms with Crippen LogP contribution in [0, 0.1) is 11.8 Å². The Kier molecular flexibility index (Phi) is 8.78. The Morgan fingerprint density at radius 3 is 2.50 bits per heavy atom. The minimum Gasteiger partial charge on any atom is -0.481 e. The van der Waals surface area contributed by atoms with Crippen molar-refractivity contribution < 1.29 is 26.6 Å². The maximum Gasteiger partial charge on any atom is 0.303 e. The first-order valence-corrected chi connectivity index (χ1v) is 9.23. The number of carboxylic acid groups (broad SMARTS) is 1. The lowest BCUT2D eigenvalue weighted by molar-refractivity contribution is -0.139. The van der Waals surface area contributed by atoms with Crippen LogP contribution in [-0.4, -0.2) is 44.7 Å². The van der Waals surface area contributed by atoms with E-state index in [1.807, 2.05) is 6.92 Å². The third-order valence-electron chi connectivity index (χ3n) is 4.88. The SMILES string of the molecule is [2H][C@@](O)(C=C(CCCC)[C@@H]1[C@@H](O)[C@@H](CC(=O)O)C[C@H]1O)CCCCC. The third kappa shape index (κ3) is 6.54. The fraction of sp³-hybridized carbons (Fsp3) is 0.842. The van der Waals surface area contributed by atoms with E-state index in [-0.39, 0.29) is 12.8 Å². The minimum absolute atomic E-state index is 0.183. The summed E-state index contributed by atoms with van der Waals surface area (Å²) in [4.78, 5) is 11.0. The van der Waals surface area contributed by atoms with E-state index < -0.39 is 36.1 Å². The monoisotopic (exact) mass is 343 g/mol. The molecule has 5 nitrogen and oxygen atoms in total. The number of aliphatic hydroxyl groups is 3. The van der Waals surface area contributed by atoms with Gasteiger partial charge in [-0.15, -0.1) is 0 Å². The number of aliphatic carboxylic acids is 1. The molecular formula is C19H34O5. The quantitative estimate of drug-likeness (QED) is 0.342. The molecule has 24 heavy (non-hydrogen) atoms. The first-order chi connectivity index (χ1) is 11.7. The van der Waals surface area contributed by atoms with Gasteiger partial charge in [-0.25, -0.2) is 0 Å². The molecule has 0 heterocycles. The summed E-state index contributed by atoms with van der Waals surface area (Å²) in [7, 11) is 0. The lowest BCUT2D eigenvalue weighted by atomic mass is 9.86. The zero-order valence-electron chi connectivity index (χ0n) is 15.9. The summed E-state index contributed by atoms with van der Waals surface area (Å²) in [6, 6.07) is 0. The summed E-state index contributed by atoms with van der Waals surface area (Å²) in [6.45, 7) is 4.08. The van der Waals surface area contributed by atoms with Gasteiger partial charge in [0.1, 0.15) is 0 Å². The molecule has 0 bridgehead atoms. The molecule has 140 valence electrons. The van der Waals surface area contributed by atoms with Crippen molar-refractivity contribution in [3.8, 4) is 0 Å². The van der Waals surface area contributed by atoms with Crippen LogP contribution in [0.4, 0.5) is 0 Å². The van der Waals surface area contributed by atoms with E-state index in [2.05, 4.69) is 6.92 Å². The van der Waals surface area contributed by atoms with Crippen molar-refractivity contribution in [1.82, 2.24) is 0 Å². The third-order valence-corrected chi connectivity index (χ3v) is 4.88. The summed E-state index contributed by atoms with van der Waals surface area (Å²) in [6.07, 6.45) is 3.34. The Morgan fingerprint density at radius 2 is 1.92 bits per heavy atom. The Balaban J connectivity index is 2.96.